The molecule has 0 amide bonds. The molecule has 1 aromatic heterocycles. The van der Waals surface area contributed by atoms with Gasteiger partial charge < -0.3 is 15.5 Å². The highest BCUT2D eigenvalue weighted by atomic mass is 32.1. The molecular formula is C18H27N5S. The Morgan fingerprint density at radius 1 is 1.25 bits per heavy atom. The third-order valence-corrected chi connectivity index (χ3v) is 4.66. The Kier molecular flexibility index (Phi) is 7.21. The molecule has 1 unspecified atom stereocenters. The van der Waals surface area contributed by atoms with Gasteiger partial charge in [0.2, 0.25) is 0 Å². The van der Waals surface area contributed by atoms with E-state index < -0.39 is 0 Å². The van der Waals surface area contributed by atoms with Crippen LogP contribution in [-0.2, 0) is 6.42 Å². The molecule has 6 heteroatoms. The molecule has 0 saturated heterocycles. The molecule has 0 fully saturated rings. The van der Waals surface area contributed by atoms with E-state index in [1.807, 2.05) is 13.0 Å². The molecule has 0 aliphatic carbocycles. The Bertz CT molecular complexity index is 636. The number of nitrogens with zero attached hydrogens (tertiary/aromatic N) is 3. The topological polar surface area (TPSA) is 52.6 Å². The molecular weight excluding hydrogens is 318 g/mol. The van der Waals surface area contributed by atoms with Crippen LogP contribution in [0.25, 0.3) is 0 Å². The standard InChI is InChI=1S/C18H27N5S/c1-14-22-16(13-24-14)10-11-20-18(19-2)21-12-17(23(3)4)15-8-6-5-7-9-15/h5-9,13,17H,10-12H2,1-4H3,(H2,19,20,21). The number of aryl methyl sites for hydroxylation is 1. The molecule has 0 bridgehead atoms. The summed E-state index contributed by atoms with van der Waals surface area (Å²) in [5.74, 6) is 0.824. The summed E-state index contributed by atoms with van der Waals surface area (Å²) in [7, 11) is 6.00. The number of hydrogen-bond acceptors (Lipinski definition) is 4. The van der Waals surface area contributed by atoms with Crippen LogP contribution in [0.5, 0.6) is 0 Å². The Labute approximate surface area is 148 Å². The van der Waals surface area contributed by atoms with Crippen molar-refractivity contribution < 1.29 is 0 Å². The van der Waals surface area contributed by atoms with Crippen LogP contribution in [0.3, 0.4) is 0 Å². The summed E-state index contributed by atoms with van der Waals surface area (Å²) >= 11 is 1.69. The first-order valence-electron chi connectivity index (χ1n) is 8.17. The number of hydrogen-bond donors (Lipinski definition) is 2. The summed E-state index contributed by atoms with van der Waals surface area (Å²) in [4.78, 5) is 11.0. The van der Waals surface area contributed by atoms with Crippen LogP contribution in [0.1, 0.15) is 22.3 Å². The lowest BCUT2D eigenvalue weighted by molar-refractivity contribution is 0.298. The highest BCUT2D eigenvalue weighted by molar-refractivity contribution is 7.09. The number of nitrogens with one attached hydrogen (secondary N) is 2. The van der Waals surface area contributed by atoms with Crippen molar-refractivity contribution in [1.82, 2.24) is 20.5 Å². The quantitative estimate of drug-likeness (QED) is 0.598. The average molecular weight is 346 g/mol. The van der Waals surface area contributed by atoms with E-state index in [0.717, 1.165) is 36.2 Å². The molecule has 130 valence electrons. The fourth-order valence-corrected chi connectivity index (χ4v) is 3.17. The Morgan fingerprint density at radius 3 is 2.58 bits per heavy atom. The van der Waals surface area contributed by atoms with Gasteiger partial charge in [-0.2, -0.15) is 0 Å². The van der Waals surface area contributed by atoms with Gasteiger partial charge in [0.25, 0.3) is 0 Å². The van der Waals surface area contributed by atoms with Gasteiger partial charge in [-0.15, -0.1) is 11.3 Å². The van der Waals surface area contributed by atoms with E-state index in [9.17, 15) is 0 Å². The van der Waals surface area contributed by atoms with Crippen molar-refractivity contribution in [2.24, 2.45) is 4.99 Å². The lowest BCUT2D eigenvalue weighted by Gasteiger charge is -2.26. The summed E-state index contributed by atoms with van der Waals surface area (Å²) in [6.45, 7) is 3.65. The van der Waals surface area contributed by atoms with Gasteiger partial charge in [0, 0.05) is 31.9 Å². The SMILES string of the molecule is CN=C(NCCc1csc(C)n1)NCC(c1ccccc1)N(C)C. The molecule has 2 N–H and O–H groups in total. The van der Waals surface area contributed by atoms with Crippen molar-refractivity contribution in [3.8, 4) is 0 Å². The van der Waals surface area contributed by atoms with Gasteiger partial charge in [0.05, 0.1) is 16.7 Å². The summed E-state index contributed by atoms with van der Waals surface area (Å²) < 4.78 is 0. The molecule has 1 atom stereocenters. The van der Waals surface area contributed by atoms with Gasteiger partial charge >= 0.3 is 0 Å². The second-order valence-corrected chi connectivity index (χ2v) is 6.94. The largest absolute Gasteiger partial charge is 0.356 e. The Morgan fingerprint density at radius 2 is 2.00 bits per heavy atom. The van der Waals surface area contributed by atoms with Crippen molar-refractivity contribution in [2.45, 2.75) is 19.4 Å². The van der Waals surface area contributed by atoms with Crippen molar-refractivity contribution in [2.75, 3.05) is 34.2 Å². The number of aliphatic imine (C=N–C) groups is 1. The lowest BCUT2D eigenvalue weighted by Crippen LogP contribution is -2.42. The summed E-state index contributed by atoms with van der Waals surface area (Å²) in [5.41, 5.74) is 2.43. The summed E-state index contributed by atoms with van der Waals surface area (Å²) in [6, 6.07) is 10.8. The van der Waals surface area contributed by atoms with Crippen LogP contribution >= 0.6 is 11.3 Å². The van der Waals surface area contributed by atoms with Gasteiger partial charge in [-0.3, -0.25) is 4.99 Å². The number of likely N-dealkylation sites (N-methyl/N-ethyl adjacent to an activating group) is 1. The highest BCUT2D eigenvalue weighted by Gasteiger charge is 2.14. The first kappa shape index (κ1) is 18.4. The van der Waals surface area contributed by atoms with Crippen LogP contribution in [0.4, 0.5) is 0 Å². The smallest absolute Gasteiger partial charge is 0.191 e. The summed E-state index contributed by atoms with van der Waals surface area (Å²) in [6.07, 6.45) is 0.904. The highest BCUT2D eigenvalue weighted by Crippen LogP contribution is 2.16. The van der Waals surface area contributed by atoms with Crippen LogP contribution in [0.15, 0.2) is 40.7 Å². The number of benzene rings is 1. The van der Waals surface area contributed by atoms with Crippen molar-refractivity contribution in [1.29, 1.82) is 0 Å². The zero-order valence-electron chi connectivity index (χ0n) is 14.9. The van der Waals surface area contributed by atoms with Crippen LogP contribution in [0, 0.1) is 6.92 Å². The maximum absolute atomic E-state index is 4.48. The molecule has 5 nitrogen and oxygen atoms in total. The van der Waals surface area contributed by atoms with E-state index in [4.69, 9.17) is 0 Å². The van der Waals surface area contributed by atoms with Gasteiger partial charge in [-0.1, -0.05) is 30.3 Å². The molecule has 24 heavy (non-hydrogen) atoms. The molecule has 0 spiro atoms. The second kappa shape index (κ2) is 9.39. The van der Waals surface area contributed by atoms with Crippen LogP contribution in [0.2, 0.25) is 0 Å². The molecule has 0 aliphatic heterocycles. The van der Waals surface area contributed by atoms with E-state index in [-0.39, 0.29) is 0 Å². The van der Waals surface area contributed by atoms with E-state index in [2.05, 4.69) is 69.3 Å². The number of aromatic nitrogens is 1. The normalized spacial score (nSPS) is 13.1. The minimum Gasteiger partial charge on any atom is -0.356 e. The lowest BCUT2D eigenvalue weighted by atomic mass is 10.1. The zero-order valence-corrected chi connectivity index (χ0v) is 15.7. The third-order valence-electron chi connectivity index (χ3n) is 3.83. The van der Waals surface area contributed by atoms with E-state index in [1.54, 1.807) is 18.4 Å². The molecule has 0 saturated carbocycles. The first-order valence-corrected chi connectivity index (χ1v) is 9.05. The molecule has 2 rings (SSSR count). The van der Waals surface area contributed by atoms with Gasteiger partial charge in [-0.25, -0.2) is 4.98 Å². The Hall–Kier alpha value is -1.92. The van der Waals surface area contributed by atoms with Gasteiger partial charge in [-0.05, 0) is 26.6 Å². The zero-order chi connectivity index (χ0) is 17.4. The predicted octanol–water partition coefficient (Wildman–Crippen LogP) is 2.46. The third kappa shape index (κ3) is 5.62. The monoisotopic (exact) mass is 345 g/mol. The van der Waals surface area contributed by atoms with Crippen LogP contribution in [-0.4, -0.2) is 50.1 Å². The molecule has 1 heterocycles. The average Bonchev–Trinajstić information content (AvgIpc) is 2.99. The summed E-state index contributed by atoms with van der Waals surface area (Å²) in [5, 5.41) is 10.0. The van der Waals surface area contributed by atoms with Crippen molar-refractivity contribution >= 4 is 17.3 Å². The molecule has 2 aromatic rings. The fourth-order valence-electron chi connectivity index (χ4n) is 2.52. The van der Waals surface area contributed by atoms with E-state index in [1.165, 1.54) is 5.56 Å². The molecule has 0 aliphatic rings. The van der Waals surface area contributed by atoms with Crippen molar-refractivity contribution in [3.63, 3.8) is 0 Å². The fraction of sp³-hybridized carbons (Fsp3) is 0.444. The maximum Gasteiger partial charge on any atom is 0.191 e. The maximum atomic E-state index is 4.48. The van der Waals surface area contributed by atoms with Gasteiger partial charge in [0.15, 0.2) is 5.96 Å². The van der Waals surface area contributed by atoms with E-state index >= 15 is 0 Å². The first-order chi connectivity index (χ1) is 11.6. The molecule has 1 aromatic carbocycles. The van der Waals surface area contributed by atoms with Crippen molar-refractivity contribution in [3.05, 3.63) is 52.0 Å². The number of guanidine groups is 1. The number of thiazole rings is 1. The number of rotatable bonds is 7. The Balaban J connectivity index is 1.83. The van der Waals surface area contributed by atoms with Gasteiger partial charge in [0.1, 0.15) is 0 Å². The minimum atomic E-state index is 0.297. The second-order valence-electron chi connectivity index (χ2n) is 5.88. The van der Waals surface area contributed by atoms with Crippen LogP contribution < -0.4 is 10.6 Å². The molecule has 0 radical (unpaired) electrons. The predicted molar refractivity (Wildman–Crippen MR) is 103 cm³/mol. The van der Waals surface area contributed by atoms with E-state index in [0.29, 0.717) is 6.04 Å². The minimum absolute atomic E-state index is 0.297.